The summed E-state index contributed by atoms with van der Waals surface area (Å²) in [5, 5.41) is 0. The zero-order chi connectivity index (χ0) is 23.7. The molecular weight excluding hydrogens is 438 g/mol. The third kappa shape index (κ3) is 4.15. The summed E-state index contributed by atoms with van der Waals surface area (Å²) >= 11 is 0. The van der Waals surface area contributed by atoms with E-state index in [2.05, 4.69) is 0 Å². The van der Waals surface area contributed by atoms with E-state index in [1.807, 2.05) is 4.90 Å². The van der Waals surface area contributed by atoms with Crippen LogP contribution in [0.3, 0.4) is 0 Å². The van der Waals surface area contributed by atoms with Crippen molar-refractivity contribution in [3.8, 4) is 5.75 Å². The van der Waals surface area contributed by atoms with Gasteiger partial charge in [-0.2, -0.15) is 0 Å². The molecule has 1 spiro atoms. The molecule has 3 amide bonds. The predicted molar refractivity (Wildman–Crippen MR) is 122 cm³/mol. The van der Waals surface area contributed by atoms with Crippen LogP contribution < -0.4 is 4.74 Å². The van der Waals surface area contributed by atoms with Crippen LogP contribution in [-0.2, 0) is 19.1 Å². The highest BCUT2D eigenvalue weighted by atomic mass is 16.5. The van der Waals surface area contributed by atoms with Crippen LogP contribution in [-0.4, -0.2) is 97.3 Å². The first-order valence-electron chi connectivity index (χ1n) is 12.3. The number of benzene rings is 1. The fraction of sp³-hybridized carbons (Fsp3) is 0.640. The van der Waals surface area contributed by atoms with Gasteiger partial charge in [0.25, 0.3) is 5.91 Å². The van der Waals surface area contributed by atoms with E-state index in [-0.39, 0.29) is 30.2 Å². The summed E-state index contributed by atoms with van der Waals surface area (Å²) in [5.41, 5.74) is -0.404. The summed E-state index contributed by atoms with van der Waals surface area (Å²) in [6.45, 7) is 3.23. The number of piperidine rings is 1. The maximum Gasteiger partial charge on any atom is 0.256 e. The number of morpholine rings is 1. The molecule has 1 aromatic carbocycles. The van der Waals surface area contributed by atoms with Gasteiger partial charge in [0.1, 0.15) is 17.5 Å². The van der Waals surface area contributed by atoms with Crippen molar-refractivity contribution in [2.45, 2.75) is 43.9 Å². The van der Waals surface area contributed by atoms with Gasteiger partial charge in [-0.1, -0.05) is 6.42 Å². The minimum Gasteiger partial charge on any atom is -0.497 e. The van der Waals surface area contributed by atoms with Crippen LogP contribution in [0.5, 0.6) is 5.75 Å². The van der Waals surface area contributed by atoms with Gasteiger partial charge in [0.15, 0.2) is 0 Å². The number of hydrogen-bond acceptors (Lipinski definition) is 6. The van der Waals surface area contributed by atoms with E-state index in [9.17, 15) is 14.4 Å². The molecule has 4 fully saturated rings. The molecule has 1 atom stereocenters. The number of rotatable bonds is 4. The Balaban J connectivity index is 1.39. The Labute approximate surface area is 199 Å². The molecular formula is C25H33N3O6. The molecule has 4 aliphatic rings. The molecule has 3 saturated heterocycles. The molecule has 184 valence electrons. The topological polar surface area (TPSA) is 88.6 Å². The van der Waals surface area contributed by atoms with Gasteiger partial charge in [-0.15, -0.1) is 0 Å². The molecule has 1 unspecified atom stereocenters. The molecule has 1 aliphatic carbocycles. The lowest BCUT2D eigenvalue weighted by Crippen LogP contribution is -2.61. The van der Waals surface area contributed by atoms with E-state index >= 15 is 0 Å². The highest BCUT2D eigenvalue weighted by Gasteiger charge is 2.55. The molecule has 9 nitrogen and oxygen atoms in total. The van der Waals surface area contributed by atoms with Crippen LogP contribution in [0.1, 0.15) is 42.5 Å². The molecule has 1 saturated carbocycles. The fourth-order valence-corrected chi connectivity index (χ4v) is 5.41. The SMILES string of the molecule is COc1ccc(C(=O)N2C(C(=O)N3CCOCC3)COC23CCN(C(=O)C2CCC2)CC3)cc1. The number of carbonyl (C=O) groups is 3. The lowest BCUT2D eigenvalue weighted by Gasteiger charge is -2.46. The number of hydrogen-bond donors (Lipinski definition) is 0. The lowest BCUT2D eigenvalue weighted by molar-refractivity contribution is -0.150. The van der Waals surface area contributed by atoms with Crippen molar-refractivity contribution in [1.82, 2.24) is 14.7 Å². The molecule has 3 heterocycles. The molecule has 3 aliphatic heterocycles. The second-order valence-electron chi connectivity index (χ2n) is 9.57. The van der Waals surface area contributed by atoms with Gasteiger partial charge in [-0.3, -0.25) is 19.3 Å². The second kappa shape index (κ2) is 9.54. The van der Waals surface area contributed by atoms with Crippen molar-refractivity contribution in [2.24, 2.45) is 5.92 Å². The van der Waals surface area contributed by atoms with Crippen LogP contribution in [0.2, 0.25) is 0 Å². The van der Waals surface area contributed by atoms with E-state index in [4.69, 9.17) is 14.2 Å². The van der Waals surface area contributed by atoms with E-state index in [0.29, 0.717) is 63.5 Å². The van der Waals surface area contributed by atoms with Gasteiger partial charge in [0, 0.05) is 50.5 Å². The first-order valence-corrected chi connectivity index (χ1v) is 12.3. The average Bonchev–Trinajstić information content (AvgIpc) is 3.21. The zero-order valence-electron chi connectivity index (χ0n) is 19.7. The Morgan fingerprint density at radius 1 is 0.941 bits per heavy atom. The van der Waals surface area contributed by atoms with Crippen molar-refractivity contribution in [3.05, 3.63) is 29.8 Å². The van der Waals surface area contributed by atoms with E-state index in [1.165, 1.54) is 0 Å². The molecule has 0 N–H and O–H groups in total. The molecule has 34 heavy (non-hydrogen) atoms. The highest BCUT2D eigenvalue weighted by Crippen LogP contribution is 2.40. The third-order valence-electron chi connectivity index (χ3n) is 7.73. The minimum absolute atomic E-state index is 0.102. The zero-order valence-corrected chi connectivity index (χ0v) is 19.7. The number of carbonyl (C=O) groups excluding carboxylic acids is 3. The van der Waals surface area contributed by atoms with Crippen LogP contribution >= 0.6 is 0 Å². The van der Waals surface area contributed by atoms with Crippen molar-refractivity contribution in [2.75, 3.05) is 53.1 Å². The number of amides is 3. The lowest BCUT2D eigenvalue weighted by atomic mass is 9.83. The summed E-state index contributed by atoms with van der Waals surface area (Å²) in [6.07, 6.45) is 4.05. The van der Waals surface area contributed by atoms with Crippen LogP contribution in [0.4, 0.5) is 0 Å². The summed E-state index contributed by atoms with van der Waals surface area (Å²) in [4.78, 5) is 45.4. The number of nitrogens with zero attached hydrogens (tertiary/aromatic N) is 3. The van der Waals surface area contributed by atoms with Crippen LogP contribution in [0, 0.1) is 5.92 Å². The Hall–Kier alpha value is -2.65. The molecule has 0 bridgehead atoms. The minimum atomic E-state index is -0.889. The van der Waals surface area contributed by atoms with Crippen LogP contribution in [0.15, 0.2) is 24.3 Å². The number of methoxy groups -OCH3 is 1. The highest BCUT2D eigenvalue weighted by molar-refractivity contribution is 5.98. The monoisotopic (exact) mass is 471 g/mol. The Morgan fingerprint density at radius 2 is 1.59 bits per heavy atom. The molecule has 5 rings (SSSR count). The van der Waals surface area contributed by atoms with Crippen molar-refractivity contribution in [1.29, 1.82) is 0 Å². The van der Waals surface area contributed by atoms with Crippen molar-refractivity contribution >= 4 is 17.7 Å². The standard InChI is InChI=1S/C25H33N3O6/c1-32-20-7-5-19(6-8-20)23(30)28-21(24(31)27-13-15-33-16-14-27)17-34-25(28)9-11-26(12-10-25)22(29)18-3-2-4-18/h5-8,18,21H,2-4,9-17H2,1H3. The molecule has 9 heteroatoms. The summed E-state index contributed by atoms with van der Waals surface area (Å²) in [6, 6.07) is 6.24. The summed E-state index contributed by atoms with van der Waals surface area (Å²) in [5.74, 6) is 0.688. The largest absolute Gasteiger partial charge is 0.497 e. The summed E-state index contributed by atoms with van der Waals surface area (Å²) in [7, 11) is 1.58. The molecule has 0 radical (unpaired) electrons. The number of ether oxygens (including phenoxy) is 3. The van der Waals surface area contributed by atoms with Gasteiger partial charge < -0.3 is 24.0 Å². The normalized spacial score (nSPS) is 24.7. The van der Waals surface area contributed by atoms with Crippen LogP contribution in [0.25, 0.3) is 0 Å². The number of likely N-dealkylation sites (tertiary alicyclic amines) is 1. The van der Waals surface area contributed by atoms with Gasteiger partial charge in [-0.05, 0) is 37.1 Å². The fourth-order valence-electron chi connectivity index (χ4n) is 5.41. The van der Waals surface area contributed by atoms with Gasteiger partial charge in [-0.25, -0.2) is 0 Å². The second-order valence-corrected chi connectivity index (χ2v) is 9.57. The summed E-state index contributed by atoms with van der Waals surface area (Å²) < 4.78 is 16.9. The first kappa shape index (κ1) is 23.1. The molecule has 0 aromatic heterocycles. The molecule has 1 aromatic rings. The predicted octanol–water partition coefficient (Wildman–Crippen LogP) is 1.51. The average molecular weight is 472 g/mol. The Morgan fingerprint density at radius 3 is 2.18 bits per heavy atom. The maximum atomic E-state index is 13.8. The smallest absolute Gasteiger partial charge is 0.256 e. The third-order valence-corrected chi connectivity index (χ3v) is 7.73. The Bertz CT molecular complexity index is 917. The van der Waals surface area contributed by atoms with Gasteiger partial charge >= 0.3 is 0 Å². The quantitative estimate of drug-likeness (QED) is 0.662. The van der Waals surface area contributed by atoms with Gasteiger partial charge in [0.05, 0.1) is 26.9 Å². The van der Waals surface area contributed by atoms with E-state index in [0.717, 1.165) is 19.3 Å². The van der Waals surface area contributed by atoms with E-state index < -0.39 is 11.8 Å². The van der Waals surface area contributed by atoms with Crippen molar-refractivity contribution in [3.63, 3.8) is 0 Å². The van der Waals surface area contributed by atoms with E-state index in [1.54, 1.807) is 41.2 Å². The Kier molecular flexibility index (Phi) is 6.48. The first-order chi connectivity index (χ1) is 16.5. The van der Waals surface area contributed by atoms with Crippen molar-refractivity contribution < 1.29 is 28.6 Å². The maximum absolute atomic E-state index is 13.8. The van der Waals surface area contributed by atoms with Gasteiger partial charge in [0.2, 0.25) is 11.8 Å².